The fourth-order valence-corrected chi connectivity index (χ4v) is 2.61. The van der Waals surface area contributed by atoms with Crippen LogP contribution < -0.4 is 0 Å². The molecule has 104 valence electrons. The zero-order valence-corrected chi connectivity index (χ0v) is 11.2. The predicted molar refractivity (Wildman–Crippen MR) is 70.6 cm³/mol. The number of aromatic nitrogens is 2. The number of ketones is 1. The number of halogens is 1. The van der Waals surface area contributed by atoms with E-state index in [2.05, 4.69) is 10.1 Å². The van der Waals surface area contributed by atoms with Gasteiger partial charge in [-0.1, -0.05) is 11.6 Å². The quantitative estimate of drug-likeness (QED) is 0.842. The highest BCUT2D eigenvalue weighted by Crippen LogP contribution is 2.30. The van der Waals surface area contributed by atoms with E-state index in [1.54, 1.807) is 13.0 Å². The van der Waals surface area contributed by atoms with Crippen LogP contribution in [0.15, 0.2) is 22.7 Å². The molecule has 1 aliphatic rings. The summed E-state index contributed by atoms with van der Waals surface area (Å²) in [7, 11) is 0. The second-order valence-electron chi connectivity index (χ2n) is 5.18. The van der Waals surface area contributed by atoms with Crippen molar-refractivity contribution in [2.45, 2.75) is 38.5 Å². The van der Waals surface area contributed by atoms with Gasteiger partial charge in [0.1, 0.15) is 11.6 Å². The van der Waals surface area contributed by atoms with Crippen LogP contribution in [0.4, 0.5) is 4.39 Å². The van der Waals surface area contributed by atoms with Gasteiger partial charge in [-0.15, -0.1) is 0 Å². The van der Waals surface area contributed by atoms with Gasteiger partial charge >= 0.3 is 0 Å². The standard InChI is InChI=1S/C15H15FN2O2/c1-9-8-10(16)6-7-11(9)14-17-15(20-18-14)12-4-2-3-5-13(12)19/h6-8,12H,2-5H2,1H3. The SMILES string of the molecule is Cc1cc(F)ccc1-c1noc(C2CCCCC2=O)n1. The lowest BCUT2D eigenvalue weighted by molar-refractivity contribution is -0.122. The summed E-state index contributed by atoms with van der Waals surface area (Å²) < 4.78 is 18.3. The van der Waals surface area contributed by atoms with Gasteiger partial charge in [-0.25, -0.2) is 4.39 Å². The molecular weight excluding hydrogens is 259 g/mol. The molecule has 1 fully saturated rings. The summed E-state index contributed by atoms with van der Waals surface area (Å²) in [4.78, 5) is 16.2. The summed E-state index contributed by atoms with van der Waals surface area (Å²) in [6.45, 7) is 1.79. The van der Waals surface area contributed by atoms with Crippen molar-refractivity contribution in [3.8, 4) is 11.4 Å². The minimum absolute atomic E-state index is 0.169. The minimum atomic E-state index is -0.294. The normalized spacial score (nSPS) is 19.3. The van der Waals surface area contributed by atoms with Crippen molar-refractivity contribution in [1.29, 1.82) is 0 Å². The Morgan fingerprint density at radius 2 is 2.20 bits per heavy atom. The maximum atomic E-state index is 13.1. The van der Waals surface area contributed by atoms with Crippen molar-refractivity contribution in [2.75, 3.05) is 0 Å². The molecule has 0 bridgehead atoms. The molecule has 1 aromatic carbocycles. The Bertz CT molecular complexity index is 651. The maximum absolute atomic E-state index is 13.1. The molecular formula is C15H15FN2O2. The number of carbonyl (C=O) groups excluding carboxylic acids is 1. The van der Waals surface area contributed by atoms with Crippen LogP contribution in [0.25, 0.3) is 11.4 Å². The lowest BCUT2D eigenvalue weighted by Gasteiger charge is -2.16. The number of nitrogens with zero attached hydrogens (tertiary/aromatic N) is 2. The van der Waals surface area contributed by atoms with Crippen LogP contribution >= 0.6 is 0 Å². The minimum Gasteiger partial charge on any atom is -0.338 e. The van der Waals surface area contributed by atoms with Crippen LogP contribution in [0.5, 0.6) is 0 Å². The molecule has 1 aromatic heterocycles. The lowest BCUT2D eigenvalue weighted by Crippen LogP contribution is -2.17. The van der Waals surface area contributed by atoms with Crippen molar-refractivity contribution in [2.24, 2.45) is 0 Å². The Balaban J connectivity index is 1.91. The largest absolute Gasteiger partial charge is 0.338 e. The van der Waals surface area contributed by atoms with Crippen LogP contribution in [-0.4, -0.2) is 15.9 Å². The summed E-state index contributed by atoms with van der Waals surface area (Å²) in [6.07, 6.45) is 3.29. The van der Waals surface area contributed by atoms with Crippen molar-refractivity contribution < 1.29 is 13.7 Å². The molecule has 0 spiro atoms. The van der Waals surface area contributed by atoms with E-state index in [-0.39, 0.29) is 17.5 Å². The Morgan fingerprint density at radius 1 is 1.35 bits per heavy atom. The third-order valence-corrected chi connectivity index (χ3v) is 3.72. The van der Waals surface area contributed by atoms with Gasteiger partial charge in [0.05, 0.1) is 5.92 Å². The molecule has 1 saturated carbocycles. The molecule has 0 amide bonds. The third-order valence-electron chi connectivity index (χ3n) is 3.72. The van der Waals surface area contributed by atoms with Crippen molar-refractivity contribution in [3.05, 3.63) is 35.5 Å². The number of carbonyl (C=O) groups is 1. The van der Waals surface area contributed by atoms with Gasteiger partial charge in [-0.2, -0.15) is 4.98 Å². The second-order valence-corrected chi connectivity index (χ2v) is 5.18. The molecule has 20 heavy (non-hydrogen) atoms. The Morgan fingerprint density at radius 3 is 2.95 bits per heavy atom. The zero-order chi connectivity index (χ0) is 14.1. The Hall–Kier alpha value is -2.04. The molecule has 1 heterocycles. The van der Waals surface area contributed by atoms with Crippen molar-refractivity contribution >= 4 is 5.78 Å². The molecule has 5 heteroatoms. The van der Waals surface area contributed by atoms with Crippen LogP contribution in [0.2, 0.25) is 0 Å². The highest BCUT2D eigenvalue weighted by atomic mass is 19.1. The first-order chi connectivity index (χ1) is 9.65. The first kappa shape index (κ1) is 13.0. The number of hydrogen-bond donors (Lipinski definition) is 0. The van der Waals surface area contributed by atoms with Gasteiger partial charge in [0.2, 0.25) is 11.7 Å². The molecule has 0 radical (unpaired) electrons. The number of rotatable bonds is 2. The molecule has 1 aliphatic carbocycles. The highest BCUT2D eigenvalue weighted by Gasteiger charge is 2.29. The smallest absolute Gasteiger partial charge is 0.237 e. The summed E-state index contributed by atoms with van der Waals surface area (Å²) in [5.41, 5.74) is 1.47. The summed E-state index contributed by atoms with van der Waals surface area (Å²) in [5.74, 6) is 0.398. The molecule has 4 nitrogen and oxygen atoms in total. The first-order valence-corrected chi connectivity index (χ1v) is 6.78. The third kappa shape index (κ3) is 2.35. The van der Waals surface area contributed by atoms with E-state index in [9.17, 15) is 9.18 Å². The van der Waals surface area contributed by atoms with Crippen LogP contribution in [0.3, 0.4) is 0 Å². The highest BCUT2D eigenvalue weighted by molar-refractivity contribution is 5.85. The topological polar surface area (TPSA) is 56.0 Å². The van der Waals surface area contributed by atoms with E-state index in [0.29, 0.717) is 18.1 Å². The van der Waals surface area contributed by atoms with Crippen LogP contribution in [0.1, 0.15) is 43.1 Å². The van der Waals surface area contributed by atoms with Gasteiger partial charge in [-0.05, 0) is 43.5 Å². The summed E-state index contributed by atoms with van der Waals surface area (Å²) in [6, 6.07) is 4.42. The van der Waals surface area contributed by atoms with Crippen LogP contribution in [-0.2, 0) is 4.79 Å². The van der Waals surface area contributed by atoms with E-state index < -0.39 is 0 Å². The van der Waals surface area contributed by atoms with E-state index in [4.69, 9.17) is 4.52 Å². The molecule has 3 rings (SSSR count). The molecule has 0 N–H and O–H groups in total. The number of hydrogen-bond acceptors (Lipinski definition) is 4. The number of aryl methyl sites for hydroxylation is 1. The summed E-state index contributed by atoms with van der Waals surface area (Å²) in [5, 5.41) is 3.93. The molecule has 1 unspecified atom stereocenters. The lowest BCUT2D eigenvalue weighted by atomic mass is 9.88. The van der Waals surface area contributed by atoms with Crippen LogP contribution in [0, 0.1) is 12.7 Å². The monoisotopic (exact) mass is 274 g/mol. The molecule has 1 atom stereocenters. The second kappa shape index (κ2) is 5.15. The summed E-state index contributed by atoms with van der Waals surface area (Å²) >= 11 is 0. The van der Waals surface area contributed by atoms with Gasteiger partial charge in [0, 0.05) is 12.0 Å². The van der Waals surface area contributed by atoms with E-state index >= 15 is 0 Å². The van der Waals surface area contributed by atoms with Gasteiger partial charge in [0.25, 0.3) is 0 Å². The van der Waals surface area contributed by atoms with E-state index in [1.807, 2.05) is 0 Å². The first-order valence-electron chi connectivity index (χ1n) is 6.78. The van der Waals surface area contributed by atoms with Crippen molar-refractivity contribution in [3.63, 3.8) is 0 Å². The molecule has 0 aliphatic heterocycles. The Labute approximate surface area is 116 Å². The fourth-order valence-electron chi connectivity index (χ4n) is 2.61. The Kier molecular flexibility index (Phi) is 3.34. The van der Waals surface area contributed by atoms with Gasteiger partial charge in [-0.3, -0.25) is 4.79 Å². The van der Waals surface area contributed by atoms with Gasteiger partial charge < -0.3 is 4.52 Å². The average Bonchev–Trinajstić information content (AvgIpc) is 2.88. The van der Waals surface area contributed by atoms with Gasteiger partial charge in [0.15, 0.2) is 0 Å². The fraction of sp³-hybridized carbons (Fsp3) is 0.400. The maximum Gasteiger partial charge on any atom is 0.237 e. The average molecular weight is 274 g/mol. The number of Topliss-reactive ketones (excluding diaryl/α,β-unsaturated/α-hetero) is 1. The number of benzene rings is 1. The van der Waals surface area contributed by atoms with Crippen molar-refractivity contribution in [1.82, 2.24) is 10.1 Å². The molecule has 2 aromatic rings. The molecule has 0 saturated heterocycles. The predicted octanol–water partition coefficient (Wildman–Crippen LogP) is 3.41. The zero-order valence-electron chi connectivity index (χ0n) is 11.2. The van der Waals surface area contributed by atoms with E-state index in [0.717, 1.165) is 30.4 Å². The van der Waals surface area contributed by atoms with E-state index in [1.165, 1.54) is 12.1 Å².